The molecule has 1 rings (SSSR count). The van der Waals surface area contributed by atoms with Gasteiger partial charge in [0, 0.05) is 12.0 Å². The summed E-state index contributed by atoms with van der Waals surface area (Å²) in [6.07, 6.45) is 16.0. The molecule has 0 aromatic carbocycles. The Kier molecular flexibility index (Phi) is 8.28. The molecule has 0 amide bonds. The van der Waals surface area contributed by atoms with Gasteiger partial charge in [-0.15, -0.1) is 0 Å². The Balaban J connectivity index is 2.48. The molecule has 0 aromatic rings. The second-order valence-corrected chi connectivity index (χ2v) is 5.36. The molecule has 0 aromatic heterocycles. The third-order valence-corrected chi connectivity index (χ3v) is 3.70. The maximum Gasteiger partial charge on any atom is 0.333 e. The fourth-order valence-electron chi connectivity index (χ4n) is 2.52. The number of carbonyl (C=O) groups excluding carboxylic acids is 1. The number of hydrogen-bond acceptors (Lipinski definition) is 2. The summed E-state index contributed by atoms with van der Waals surface area (Å²) in [5.74, 6) is -0.151. The molecule has 2 heteroatoms. The van der Waals surface area contributed by atoms with Crippen molar-refractivity contribution >= 4 is 5.97 Å². The number of methoxy groups -OCH3 is 1. The summed E-state index contributed by atoms with van der Waals surface area (Å²) in [7, 11) is 1.47. The maximum atomic E-state index is 11.8. The van der Waals surface area contributed by atoms with Gasteiger partial charge in [0.1, 0.15) is 0 Å². The van der Waals surface area contributed by atoms with Crippen molar-refractivity contribution in [1.29, 1.82) is 0 Å². The van der Waals surface area contributed by atoms with E-state index < -0.39 is 0 Å². The van der Waals surface area contributed by atoms with Crippen LogP contribution < -0.4 is 0 Å². The SMILES string of the molecule is CCCCCC/C=C(/CC1=CCCCC1)C(=O)OC. The normalized spacial score (nSPS) is 16.1. The quantitative estimate of drug-likeness (QED) is 0.268. The zero-order valence-electron chi connectivity index (χ0n) is 12.5. The molecule has 0 spiro atoms. The highest BCUT2D eigenvalue weighted by molar-refractivity contribution is 5.88. The molecule has 1 aliphatic carbocycles. The molecule has 0 atom stereocenters. The van der Waals surface area contributed by atoms with Crippen LogP contribution in [0.3, 0.4) is 0 Å². The first-order valence-corrected chi connectivity index (χ1v) is 7.73. The smallest absolute Gasteiger partial charge is 0.333 e. The van der Waals surface area contributed by atoms with E-state index in [1.165, 1.54) is 57.6 Å². The Morgan fingerprint density at radius 3 is 2.79 bits per heavy atom. The van der Waals surface area contributed by atoms with Crippen molar-refractivity contribution in [1.82, 2.24) is 0 Å². The van der Waals surface area contributed by atoms with Gasteiger partial charge in [0.25, 0.3) is 0 Å². The van der Waals surface area contributed by atoms with Crippen LogP contribution in [-0.2, 0) is 9.53 Å². The lowest BCUT2D eigenvalue weighted by Crippen LogP contribution is -2.07. The third kappa shape index (κ3) is 6.60. The monoisotopic (exact) mass is 264 g/mol. The molecule has 0 unspecified atom stereocenters. The van der Waals surface area contributed by atoms with Gasteiger partial charge in [0.2, 0.25) is 0 Å². The number of unbranched alkanes of at least 4 members (excludes halogenated alkanes) is 4. The van der Waals surface area contributed by atoms with Gasteiger partial charge in [-0.25, -0.2) is 4.79 Å². The van der Waals surface area contributed by atoms with Crippen LogP contribution in [0.25, 0.3) is 0 Å². The first-order valence-electron chi connectivity index (χ1n) is 7.73. The van der Waals surface area contributed by atoms with E-state index in [4.69, 9.17) is 4.74 Å². The average molecular weight is 264 g/mol. The molecular formula is C17H28O2. The highest BCUT2D eigenvalue weighted by Crippen LogP contribution is 2.24. The lowest BCUT2D eigenvalue weighted by Gasteiger charge is -2.13. The summed E-state index contributed by atoms with van der Waals surface area (Å²) in [5.41, 5.74) is 2.27. The number of ether oxygens (including phenoxy) is 1. The van der Waals surface area contributed by atoms with Crippen LogP contribution in [0.1, 0.15) is 71.1 Å². The van der Waals surface area contributed by atoms with Crippen molar-refractivity contribution < 1.29 is 9.53 Å². The minimum atomic E-state index is -0.151. The van der Waals surface area contributed by atoms with Crippen LogP contribution in [0.15, 0.2) is 23.3 Å². The van der Waals surface area contributed by atoms with Gasteiger partial charge in [-0.3, -0.25) is 0 Å². The average Bonchev–Trinajstić information content (AvgIpc) is 2.46. The van der Waals surface area contributed by atoms with E-state index in [-0.39, 0.29) is 5.97 Å². The Bertz CT molecular complexity index is 326. The van der Waals surface area contributed by atoms with Gasteiger partial charge < -0.3 is 4.74 Å². The predicted molar refractivity (Wildman–Crippen MR) is 80.0 cm³/mol. The Morgan fingerprint density at radius 1 is 1.32 bits per heavy atom. The molecule has 0 saturated heterocycles. The number of rotatable bonds is 8. The summed E-state index contributed by atoms with van der Waals surface area (Å²) < 4.78 is 4.90. The Hall–Kier alpha value is -1.05. The van der Waals surface area contributed by atoms with Gasteiger partial charge >= 0.3 is 5.97 Å². The molecule has 0 radical (unpaired) electrons. The van der Waals surface area contributed by atoms with E-state index in [2.05, 4.69) is 19.1 Å². The van der Waals surface area contributed by atoms with Gasteiger partial charge in [-0.1, -0.05) is 43.9 Å². The Labute approximate surface area is 117 Å². The van der Waals surface area contributed by atoms with Gasteiger partial charge in [-0.2, -0.15) is 0 Å². The molecule has 0 N–H and O–H groups in total. The van der Waals surface area contributed by atoms with Gasteiger partial charge in [-0.05, 0) is 38.5 Å². The molecule has 0 heterocycles. The zero-order chi connectivity index (χ0) is 13.9. The molecule has 1 aliphatic rings. The second kappa shape index (κ2) is 9.82. The molecule has 19 heavy (non-hydrogen) atoms. The highest BCUT2D eigenvalue weighted by atomic mass is 16.5. The number of hydrogen-bond donors (Lipinski definition) is 0. The predicted octanol–water partition coefficient (Wildman–Crippen LogP) is 4.95. The van der Waals surface area contributed by atoms with Crippen molar-refractivity contribution in [3.63, 3.8) is 0 Å². The van der Waals surface area contributed by atoms with Crippen LogP contribution in [0.2, 0.25) is 0 Å². The van der Waals surface area contributed by atoms with Crippen molar-refractivity contribution in [3.05, 3.63) is 23.3 Å². The summed E-state index contributed by atoms with van der Waals surface area (Å²) in [6, 6.07) is 0. The first-order chi connectivity index (χ1) is 9.27. The van der Waals surface area contributed by atoms with E-state index in [0.29, 0.717) is 0 Å². The fourth-order valence-corrected chi connectivity index (χ4v) is 2.52. The van der Waals surface area contributed by atoms with E-state index >= 15 is 0 Å². The molecule has 108 valence electrons. The van der Waals surface area contributed by atoms with Crippen LogP contribution >= 0.6 is 0 Å². The minimum absolute atomic E-state index is 0.151. The zero-order valence-corrected chi connectivity index (χ0v) is 12.5. The van der Waals surface area contributed by atoms with Crippen LogP contribution in [0, 0.1) is 0 Å². The lowest BCUT2D eigenvalue weighted by atomic mass is 9.93. The van der Waals surface area contributed by atoms with Crippen molar-refractivity contribution in [2.75, 3.05) is 7.11 Å². The summed E-state index contributed by atoms with van der Waals surface area (Å²) >= 11 is 0. The molecule has 0 saturated carbocycles. The van der Waals surface area contributed by atoms with E-state index in [0.717, 1.165) is 24.8 Å². The van der Waals surface area contributed by atoms with Crippen molar-refractivity contribution in [2.45, 2.75) is 71.1 Å². The van der Waals surface area contributed by atoms with Crippen LogP contribution in [0.4, 0.5) is 0 Å². The fraction of sp³-hybridized carbons (Fsp3) is 0.706. The van der Waals surface area contributed by atoms with Crippen LogP contribution in [-0.4, -0.2) is 13.1 Å². The van der Waals surface area contributed by atoms with Crippen molar-refractivity contribution in [2.24, 2.45) is 0 Å². The molecule has 0 fully saturated rings. The number of allylic oxidation sites excluding steroid dienone is 3. The van der Waals surface area contributed by atoms with Gasteiger partial charge in [0.15, 0.2) is 0 Å². The number of esters is 1. The largest absolute Gasteiger partial charge is 0.466 e. The number of carbonyl (C=O) groups is 1. The van der Waals surface area contributed by atoms with E-state index in [1.807, 2.05) is 0 Å². The minimum Gasteiger partial charge on any atom is -0.466 e. The van der Waals surface area contributed by atoms with E-state index in [9.17, 15) is 4.79 Å². The molecular weight excluding hydrogens is 236 g/mol. The highest BCUT2D eigenvalue weighted by Gasteiger charge is 2.13. The van der Waals surface area contributed by atoms with E-state index in [1.54, 1.807) is 0 Å². The maximum absolute atomic E-state index is 11.8. The second-order valence-electron chi connectivity index (χ2n) is 5.36. The Morgan fingerprint density at radius 2 is 2.16 bits per heavy atom. The molecule has 0 aliphatic heterocycles. The van der Waals surface area contributed by atoms with Gasteiger partial charge in [0.05, 0.1) is 7.11 Å². The lowest BCUT2D eigenvalue weighted by molar-refractivity contribution is -0.136. The summed E-state index contributed by atoms with van der Waals surface area (Å²) in [4.78, 5) is 11.8. The van der Waals surface area contributed by atoms with Crippen molar-refractivity contribution in [3.8, 4) is 0 Å². The summed E-state index contributed by atoms with van der Waals surface area (Å²) in [6.45, 7) is 2.21. The van der Waals surface area contributed by atoms with Crippen LogP contribution in [0.5, 0.6) is 0 Å². The first kappa shape index (κ1) is 16.0. The topological polar surface area (TPSA) is 26.3 Å². The molecule has 0 bridgehead atoms. The standard InChI is InChI=1S/C17H28O2/c1-3-4-5-6-10-13-16(17(18)19-2)14-15-11-8-7-9-12-15/h11,13H,3-10,12,14H2,1-2H3/b16-13-. The molecule has 2 nitrogen and oxygen atoms in total. The third-order valence-electron chi connectivity index (χ3n) is 3.70. The summed E-state index contributed by atoms with van der Waals surface area (Å²) in [5, 5.41) is 0.